The van der Waals surface area contributed by atoms with E-state index in [9.17, 15) is 10.1 Å². The lowest BCUT2D eigenvalue weighted by Crippen LogP contribution is -2.26. The molecule has 1 N–H and O–H groups in total. The number of aryl methyl sites for hydroxylation is 1. The van der Waals surface area contributed by atoms with Crippen molar-refractivity contribution in [3.8, 4) is 6.07 Å². The van der Waals surface area contributed by atoms with Gasteiger partial charge in [0.05, 0.1) is 6.61 Å². The number of nitrogens with zero attached hydrogens (tertiary/aromatic N) is 2. The van der Waals surface area contributed by atoms with Crippen molar-refractivity contribution in [1.29, 1.82) is 5.26 Å². The monoisotopic (exact) mass is 334 g/mol. The number of likely N-dealkylation sites (N-methyl/N-ethyl adjacent to an activating group) is 1. The summed E-state index contributed by atoms with van der Waals surface area (Å²) in [6.07, 6.45) is 1.64. The molecule has 0 unspecified atom stereocenters. The predicted octanol–water partition coefficient (Wildman–Crippen LogP) is 3.60. The van der Waals surface area contributed by atoms with Gasteiger partial charge in [0.1, 0.15) is 11.6 Å². The van der Waals surface area contributed by atoms with Gasteiger partial charge in [-0.2, -0.15) is 5.26 Å². The Bertz CT molecular complexity index is 804. The van der Waals surface area contributed by atoms with Crippen molar-refractivity contribution in [2.24, 2.45) is 0 Å². The van der Waals surface area contributed by atoms with Crippen LogP contribution in [0.5, 0.6) is 0 Å². The van der Waals surface area contributed by atoms with E-state index in [0.29, 0.717) is 12.1 Å². The Balaban J connectivity index is 2.32. The molecule has 25 heavy (non-hydrogen) atoms. The number of aliphatic hydroxyl groups is 1. The molecule has 2 rings (SSSR count). The summed E-state index contributed by atoms with van der Waals surface area (Å²) in [6.45, 7) is 5.44. The first-order valence-corrected chi connectivity index (χ1v) is 8.28. The van der Waals surface area contributed by atoms with E-state index in [1.165, 1.54) is 0 Å². The molecule has 0 heterocycles. The predicted molar refractivity (Wildman–Crippen MR) is 101 cm³/mol. The summed E-state index contributed by atoms with van der Waals surface area (Å²) < 4.78 is 0. The lowest BCUT2D eigenvalue weighted by molar-refractivity contribution is 0.104. The van der Waals surface area contributed by atoms with Crippen LogP contribution in [0.2, 0.25) is 0 Å². The van der Waals surface area contributed by atoms with Gasteiger partial charge in [0, 0.05) is 24.3 Å². The first-order chi connectivity index (χ1) is 12.1. The van der Waals surface area contributed by atoms with Gasteiger partial charge >= 0.3 is 0 Å². The Morgan fingerprint density at radius 3 is 2.52 bits per heavy atom. The topological polar surface area (TPSA) is 64.3 Å². The molecule has 0 fully saturated rings. The highest BCUT2D eigenvalue weighted by Gasteiger charge is 2.12. The number of carbonyl (C=O) groups is 1. The van der Waals surface area contributed by atoms with E-state index in [2.05, 4.69) is 4.90 Å². The summed E-state index contributed by atoms with van der Waals surface area (Å²) in [6, 6.07) is 16.7. The molecule has 0 spiro atoms. The van der Waals surface area contributed by atoms with Crippen molar-refractivity contribution < 1.29 is 9.90 Å². The normalized spacial score (nSPS) is 11.0. The molecule has 0 aliphatic carbocycles. The number of ketones is 1. The SMILES string of the molecule is CCN(CCO)c1ccc(C=C(C#N)C(=O)c2ccccc2)c(C)c1. The average Bonchev–Trinajstić information content (AvgIpc) is 2.65. The van der Waals surface area contributed by atoms with Gasteiger partial charge in [0.2, 0.25) is 5.78 Å². The second-order valence-corrected chi connectivity index (χ2v) is 5.71. The Labute approximate surface area is 148 Å². The number of hydrogen-bond acceptors (Lipinski definition) is 4. The Hall–Kier alpha value is -2.90. The highest BCUT2D eigenvalue weighted by atomic mass is 16.3. The van der Waals surface area contributed by atoms with Crippen LogP contribution in [0, 0.1) is 18.3 Å². The summed E-state index contributed by atoms with van der Waals surface area (Å²) in [7, 11) is 0. The molecule has 0 saturated carbocycles. The number of rotatable bonds is 7. The van der Waals surface area contributed by atoms with Gasteiger partial charge in [0.25, 0.3) is 0 Å². The third-order valence-corrected chi connectivity index (χ3v) is 4.07. The minimum absolute atomic E-state index is 0.0959. The average molecular weight is 334 g/mol. The molecule has 0 radical (unpaired) electrons. The second-order valence-electron chi connectivity index (χ2n) is 5.71. The molecule has 0 atom stereocenters. The van der Waals surface area contributed by atoms with Crippen LogP contribution in [-0.2, 0) is 0 Å². The lowest BCUT2D eigenvalue weighted by atomic mass is 9.99. The zero-order valence-electron chi connectivity index (χ0n) is 14.6. The van der Waals surface area contributed by atoms with Crippen LogP contribution in [0.1, 0.15) is 28.4 Å². The van der Waals surface area contributed by atoms with Gasteiger partial charge in [-0.25, -0.2) is 0 Å². The van der Waals surface area contributed by atoms with Gasteiger partial charge in [-0.15, -0.1) is 0 Å². The van der Waals surface area contributed by atoms with Crippen LogP contribution in [0.4, 0.5) is 5.69 Å². The molecular weight excluding hydrogens is 312 g/mol. The van der Waals surface area contributed by atoms with Crippen molar-refractivity contribution in [3.05, 3.63) is 70.8 Å². The fourth-order valence-electron chi connectivity index (χ4n) is 2.66. The maximum atomic E-state index is 12.5. The van der Waals surface area contributed by atoms with E-state index in [1.807, 2.05) is 44.2 Å². The number of aliphatic hydroxyl groups excluding tert-OH is 1. The maximum Gasteiger partial charge on any atom is 0.203 e. The minimum atomic E-state index is -0.276. The molecule has 0 bridgehead atoms. The van der Waals surface area contributed by atoms with E-state index >= 15 is 0 Å². The molecule has 2 aromatic carbocycles. The van der Waals surface area contributed by atoms with E-state index in [-0.39, 0.29) is 18.0 Å². The van der Waals surface area contributed by atoms with Crippen molar-refractivity contribution >= 4 is 17.5 Å². The molecule has 4 nitrogen and oxygen atoms in total. The van der Waals surface area contributed by atoms with E-state index < -0.39 is 0 Å². The Morgan fingerprint density at radius 1 is 1.24 bits per heavy atom. The second kappa shape index (κ2) is 8.81. The Morgan fingerprint density at radius 2 is 1.96 bits per heavy atom. The number of hydrogen-bond donors (Lipinski definition) is 1. The van der Waals surface area contributed by atoms with E-state index in [0.717, 1.165) is 23.4 Å². The number of benzene rings is 2. The van der Waals surface area contributed by atoms with Crippen LogP contribution in [0.3, 0.4) is 0 Å². The summed E-state index contributed by atoms with van der Waals surface area (Å²) in [5.41, 5.74) is 3.45. The van der Waals surface area contributed by atoms with Crippen molar-refractivity contribution in [2.45, 2.75) is 13.8 Å². The number of carbonyl (C=O) groups excluding carboxylic acids is 1. The first-order valence-electron chi connectivity index (χ1n) is 8.28. The van der Waals surface area contributed by atoms with Crippen LogP contribution >= 0.6 is 0 Å². The molecule has 0 aromatic heterocycles. The molecule has 0 aliphatic heterocycles. The third-order valence-electron chi connectivity index (χ3n) is 4.07. The molecule has 4 heteroatoms. The summed E-state index contributed by atoms with van der Waals surface area (Å²) in [5.74, 6) is -0.276. The molecule has 0 aliphatic rings. The molecule has 0 saturated heterocycles. The third kappa shape index (κ3) is 4.56. The number of nitriles is 1. The van der Waals surface area contributed by atoms with Crippen LogP contribution in [-0.4, -0.2) is 30.6 Å². The summed E-state index contributed by atoms with van der Waals surface area (Å²) in [4.78, 5) is 14.5. The van der Waals surface area contributed by atoms with Crippen molar-refractivity contribution in [1.82, 2.24) is 0 Å². The molecule has 2 aromatic rings. The van der Waals surface area contributed by atoms with Crippen LogP contribution < -0.4 is 4.90 Å². The van der Waals surface area contributed by atoms with Gasteiger partial charge in [-0.3, -0.25) is 4.79 Å². The maximum absolute atomic E-state index is 12.5. The zero-order chi connectivity index (χ0) is 18.2. The highest BCUT2D eigenvalue weighted by molar-refractivity contribution is 6.14. The van der Waals surface area contributed by atoms with Crippen LogP contribution in [0.15, 0.2) is 54.1 Å². The van der Waals surface area contributed by atoms with Crippen molar-refractivity contribution in [2.75, 3.05) is 24.6 Å². The number of Topliss-reactive ketones (excluding diaryl/α,β-unsaturated/α-hetero) is 1. The van der Waals surface area contributed by atoms with E-state index in [4.69, 9.17) is 5.11 Å². The summed E-state index contributed by atoms with van der Waals surface area (Å²) in [5, 5.41) is 18.5. The van der Waals surface area contributed by atoms with Crippen molar-refractivity contribution in [3.63, 3.8) is 0 Å². The largest absolute Gasteiger partial charge is 0.395 e. The lowest BCUT2D eigenvalue weighted by Gasteiger charge is -2.22. The minimum Gasteiger partial charge on any atom is -0.395 e. The highest BCUT2D eigenvalue weighted by Crippen LogP contribution is 2.22. The fraction of sp³-hybridized carbons (Fsp3) is 0.238. The number of anilines is 1. The first kappa shape index (κ1) is 18.4. The fourth-order valence-corrected chi connectivity index (χ4v) is 2.66. The number of allylic oxidation sites excluding steroid dienone is 1. The Kier molecular flexibility index (Phi) is 6.50. The molecular formula is C21H22N2O2. The van der Waals surface area contributed by atoms with Gasteiger partial charge in [-0.1, -0.05) is 36.4 Å². The zero-order valence-corrected chi connectivity index (χ0v) is 14.6. The summed E-state index contributed by atoms with van der Waals surface area (Å²) >= 11 is 0. The smallest absolute Gasteiger partial charge is 0.203 e. The standard InChI is InChI=1S/C21H22N2O2/c1-3-23(11-12-24)20-10-9-18(16(2)13-20)14-19(15-22)21(25)17-7-5-4-6-8-17/h4-10,13-14,24H,3,11-12H2,1-2H3. The van der Waals surface area contributed by atoms with Gasteiger partial charge in [-0.05, 0) is 43.2 Å². The molecule has 0 amide bonds. The van der Waals surface area contributed by atoms with Gasteiger partial charge in [0.15, 0.2) is 0 Å². The quantitative estimate of drug-likeness (QED) is 0.477. The van der Waals surface area contributed by atoms with Gasteiger partial charge < -0.3 is 10.0 Å². The van der Waals surface area contributed by atoms with Crippen LogP contribution in [0.25, 0.3) is 6.08 Å². The molecule has 128 valence electrons. The van der Waals surface area contributed by atoms with E-state index in [1.54, 1.807) is 30.3 Å².